The first-order valence-corrected chi connectivity index (χ1v) is 13.9. The fourth-order valence-corrected chi connectivity index (χ4v) is 5.52. The lowest BCUT2D eigenvalue weighted by Crippen LogP contribution is -2.50. The fraction of sp³-hybridized carbons (Fsp3) is 0.542. The topological polar surface area (TPSA) is 141 Å². The van der Waals surface area contributed by atoms with Crippen molar-refractivity contribution in [2.45, 2.75) is 69.4 Å². The van der Waals surface area contributed by atoms with Gasteiger partial charge in [0, 0.05) is 6.20 Å². The van der Waals surface area contributed by atoms with Crippen LogP contribution >= 0.6 is 19.3 Å². The second-order valence-corrected chi connectivity index (χ2v) is 11.5. The van der Waals surface area contributed by atoms with Gasteiger partial charge in [-0.15, -0.1) is 11.6 Å². The highest BCUT2D eigenvalue weighted by Gasteiger charge is 2.56. The summed E-state index contributed by atoms with van der Waals surface area (Å²) < 4.78 is 35.9. The standard InChI is InChI=1S/C24H32ClN2O9P/c1-4-5-13-33-22(31)16(2)26-37(32,36-18-9-7-6-8-10-18)34-15-19-21(30)24(3,25)23(35-19)27-12-11-17(28)14-20(27)29/h6-12,16,19,21,23,30H,4-5,13-15H2,1-3H3,(H,26,32)/t16-,19-,21-,23-,24-,37-/m1/s1. The molecule has 2 N–H and O–H groups in total. The van der Waals surface area contributed by atoms with Gasteiger partial charge in [0.2, 0.25) is 5.91 Å². The Bertz CT molecular complexity index is 1050. The minimum atomic E-state index is -4.21. The number of rotatable bonds is 12. The molecule has 0 bridgehead atoms. The van der Waals surface area contributed by atoms with E-state index in [1.807, 2.05) is 6.92 Å². The number of benzene rings is 1. The van der Waals surface area contributed by atoms with Gasteiger partial charge in [-0.3, -0.25) is 23.8 Å². The predicted molar refractivity (Wildman–Crippen MR) is 134 cm³/mol. The lowest BCUT2D eigenvalue weighted by Gasteiger charge is -2.34. The number of aliphatic hydroxyl groups is 1. The fourth-order valence-electron chi connectivity index (χ4n) is 3.72. The number of alkyl halides is 1. The Kier molecular flexibility index (Phi) is 9.91. The average molecular weight is 559 g/mol. The van der Waals surface area contributed by atoms with Crippen LogP contribution in [0, 0.1) is 0 Å². The van der Waals surface area contributed by atoms with Gasteiger partial charge >= 0.3 is 13.7 Å². The number of para-hydroxylation sites is 1. The molecular weight excluding hydrogens is 527 g/mol. The van der Waals surface area contributed by atoms with Crippen molar-refractivity contribution >= 4 is 37.0 Å². The summed E-state index contributed by atoms with van der Waals surface area (Å²) in [5, 5.41) is 13.4. The maximum Gasteiger partial charge on any atom is 0.459 e. The molecule has 1 amide bonds. The van der Waals surface area contributed by atoms with Crippen LogP contribution in [0.5, 0.6) is 5.75 Å². The Labute approximate surface area is 220 Å². The first-order chi connectivity index (χ1) is 17.5. The van der Waals surface area contributed by atoms with Crippen molar-refractivity contribution < 1.29 is 42.6 Å². The summed E-state index contributed by atoms with van der Waals surface area (Å²) in [6, 6.07) is 7.16. The molecule has 6 atom stereocenters. The number of carbonyl (C=O) groups excluding carboxylic acids is 3. The Balaban J connectivity index is 1.73. The Morgan fingerprint density at radius 3 is 2.70 bits per heavy atom. The highest BCUT2D eigenvalue weighted by Crippen LogP contribution is 2.47. The number of hydrogen-bond donors (Lipinski definition) is 2. The summed E-state index contributed by atoms with van der Waals surface area (Å²) in [5.74, 6) is -1.31. The average Bonchev–Trinajstić information content (AvgIpc) is 3.07. The van der Waals surface area contributed by atoms with E-state index in [2.05, 4.69) is 5.09 Å². The smallest absolute Gasteiger partial charge is 0.459 e. The summed E-state index contributed by atoms with van der Waals surface area (Å²) in [5.41, 5.74) is 0. The lowest BCUT2D eigenvalue weighted by atomic mass is 9.99. The normalized spacial score (nSPS) is 28.1. The second-order valence-electron chi connectivity index (χ2n) is 8.95. The largest absolute Gasteiger partial charge is 0.465 e. The Hall–Kier alpha value is -2.27. The second kappa shape index (κ2) is 12.5. The van der Waals surface area contributed by atoms with E-state index in [0.717, 1.165) is 11.3 Å². The summed E-state index contributed by atoms with van der Waals surface area (Å²) in [4.78, 5) is 35.9. The number of allylic oxidation sites excluding steroid dienone is 1. The third-order valence-electron chi connectivity index (χ3n) is 5.83. The van der Waals surface area contributed by atoms with Crippen molar-refractivity contribution in [3.63, 3.8) is 0 Å². The number of nitrogens with one attached hydrogen (secondary N) is 1. The van der Waals surface area contributed by atoms with E-state index in [-0.39, 0.29) is 24.6 Å². The van der Waals surface area contributed by atoms with Crippen LogP contribution in [-0.4, -0.2) is 70.2 Å². The zero-order valence-electron chi connectivity index (χ0n) is 20.9. The van der Waals surface area contributed by atoms with E-state index in [0.29, 0.717) is 6.42 Å². The molecule has 2 heterocycles. The maximum absolute atomic E-state index is 13.7. The monoisotopic (exact) mass is 558 g/mol. The molecule has 3 rings (SSSR count). The zero-order valence-corrected chi connectivity index (χ0v) is 22.5. The summed E-state index contributed by atoms with van der Waals surface area (Å²) in [7, 11) is -4.21. The van der Waals surface area contributed by atoms with Crippen LogP contribution in [0.3, 0.4) is 0 Å². The molecule has 1 aromatic rings. The molecule has 11 nitrogen and oxygen atoms in total. The number of amides is 1. The molecule has 1 aromatic carbocycles. The molecule has 0 unspecified atom stereocenters. The molecule has 0 spiro atoms. The van der Waals surface area contributed by atoms with Crippen molar-refractivity contribution in [2.24, 2.45) is 0 Å². The summed E-state index contributed by atoms with van der Waals surface area (Å²) in [6.07, 6.45) is 0.0686. The van der Waals surface area contributed by atoms with Crippen LogP contribution in [-0.2, 0) is 32.9 Å². The number of ether oxygens (including phenoxy) is 2. The van der Waals surface area contributed by atoms with Crippen LogP contribution in [0.15, 0.2) is 42.6 Å². The summed E-state index contributed by atoms with van der Waals surface area (Å²) in [6.45, 7) is 4.66. The van der Waals surface area contributed by atoms with E-state index in [1.54, 1.807) is 30.3 Å². The number of esters is 1. The number of nitrogens with zero attached hydrogens (tertiary/aromatic N) is 1. The van der Waals surface area contributed by atoms with E-state index in [4.69, 9.17) is 30.1 Å². The molecule has 0 aliphatic carbocycles. The highest BCUT2D eigenvalue weighted by atomic mass is 35.5. The molecule has 0 aromatic heterocycles. The van der Waals surface area contributed by atoms with E-state index in [9.17, 15) is 24.1 Å². The van der Waals surface area contributed by atoms with Crippen LogP contribution in [0.4, 0.5) is 0 Å². The highest BCUT2D eigenvalue weighted by molar-refractivity contribution is 7.52. The predicted octanol–water partition coefficient (Wildman–Crippen LogP) is 2.91. The van der Waals surface area contributed by atoms with Gasteiger partial charge in [0.15, 0.2) is 12.0 Å². The van der Waals surface area contributed by atoms with E-state index >= 15 is 0 Å². The molecule has 37 heavy (non-hydrogen) atoms. The maximum atomic E-state index is 13.7. The van der Waals surface area contributed by atoms with E-state index in [1.165, 1.54) is 26.1 Å². The van der Waals surface area contributed by atoms with Gasteiger partial charge in [-0.05, 0) is 38.5 Å². The first kappa shape index (κ1) is 29.3. The van der Waals surface area contributed by atoms with Gasteiger partial charge in [-0.25, -0.2) is 4.57 Å². The van der Waals surface area contributed by atoms with Gasteiger partial charge < -0.3 is 19.1 Å². The van der Waals surface area contributed by atoms with Gasteiger partial charge in [0.05, 0.1) is 19.6 Å². The Morgan fingerprint density at radius 1 is 1.35 bits per heavy atom. The number of carbonyl (C=O) groups is 3. The van der Waals surface area contributed by atoms with Gasteiger partial charge in [0.1, 0.15) is 28.9 Å². The van der Waals surface area contributed by atoms with Gasteiger partial charge in [-0.2, -0.15) is 5.09 Å². The van der Waals surface area contributed by atoms with Gasteiger partial charge in [0.25, 0.3) is 0 Å². The molecular formula is C24H32ClN2O9P. The molecule has 2 aliphatic rings. The number of hydrogen-bond acceptors (Lipinski definition) is 9. The Morgan fingerprint density at radius 2 is 2.05 bits per heavy atom. The molecule has 1 fully saturated rings. The van der Waals surface area contributed by atoms with Gasteiger partial charge in [-0.1, -0.05) is 31.5 Å². The van der Waals surface area contributed by atoms with Crippen molar-refractivity contribution in [3.05, 3.63) is 42.6 Å². The SMILES string of the molecule is CCCCOC(=O)[C@@H](C)N[P@@](=O)(OC[C@H]1O[C@@H](N2C=CC(=O)CC2=O)[C@](C)(Cl)[C@@H]1O)Oc1ccccc1. The summed E-state index contributed by atoms with van der Waals surface area (Å²) >= 11 is 6.56. The van der Waals surface area contributed by atoms with Crippen molar-refractivity contribution in [1.82, 2.24) is 9.99 Å². The van der Waals surface area contributed by atoms with Crippen LogP contribution in [0.25, 0.3) is 0 Å². The number of unbranched alkanes of at least 4 members (excludes halogenated alkanes) is 1. The van der Waals surface area contributed by atoms with Crippen LogP contribution in [0.1, 0.15) is 40.0 Å². The lowest BCUT2D eigenvalue weighted by molar-refractivity contribution is -0.145. The molecule has 13 heteroatoms. The molecule has 0 radical (unpaired) electrons. The quantitative estimate of drug-likeness (QED) is 0.129. The molecule has 1 saturated heterocycles. The van der Waals surface area contributed by atoms with Crippen molar-refractivity contribution in [1.29, 1.82) is 0 Å². The molecule has 204 valence electrons. The number of halogens is 1. The van der Waals surface area contributed by atoms with Crippen LogP contribution in [0.2, 0.25) is 0 Å². The van der Waals surface area contributed by atoms with Crippen molar-refractivity contribution in [2.75, 3.05) is 13.2 Å². The third-order valence-corrected chi connectivity index (χ3v) is 7.88. The number of ketones is 1. The minimum Gasteiger partial charge on any atom is -0.465 e. The first-order valence-electron chi connectivity index (χ1n) is 11.9. The number of aliphatic hydroxyl groups excluding tert-OH is 1. The molecule has 0 saturated carbocycles. The minimum absolute atomic E-state index is 0.214. The zero-order chi connectivity index (χ0) is 27.2. The molecule has 2 aliphatic heterocycles. The van der Waals surface area contributed by atoms with Crippen molar-refractivity contribution in [3.8, 4) is 5.75 Å². The third kappa shape index (κ3) is 7.40. The van der Waals surface area contributed by atoms with Crippen LogP contribution < -0.4 is 9.61 Å². The van der Waals surface area contributed by atoms with E-state index < -0.39 is 55.6 Å².